The second-order valence-electron chi connectivity index (χ2n) is 5.67. The van der Waals surface area contributed by atoms with E-state index >= 15 is 0 Å². The number of hydrogen-bond donors (Lipinski definition) is 0. The van der Waals surface area contributed by atoms with Gasteiger partial charge in [-0.1, -0.05) is 6.07 Å². The van der Waals surface area contributed by atoms with Crippen molar-refractivity contribution in [2.24, 2.45) is 0 Å². The number of ether oxygens (including phenoxy) is 3. The van der Waals surface area contributed by atoms with Gasteiger partial charge in [0.05, 0.1) is 19.8 Å². The van der Waals surface area contributed by atoms with E-state index in [1.54, 1.807) is 0 Å². The summed E-state index contributed by atoms with van der Waals surface area (Å²) in [6, 6.07) is 6.16. The Morgan fingerprint density at radius 3 is 2.73 bits per heavy atom. The monoisotopic (exact) mass is 307 g/mol. The van der Waals surface area contributed by atoms with Crippen LogP contribution in [0.2, 0.25) is 0 Å². The summed E-state index contributed by atoms with van der Waals surface area (Å²) in [5.41, 5.74) is 2.37. The Morgan fingerprint density at radius 2 is 2.05 bits per heavy atom. The smallest absolute Gasteiger partial charge is 0.320 e. The van der Waals surface area contributed by atoms with E-state index in [9.17, 15) is 4.79 Å². The fraction of sp³-hybridized carbons (Fsp3) is 0.588. The third-order valence-electron chi connectivity index (χ3n) is 3.51. The van der Waals surface area contributed by atoms with Gasteiger partial charge in [-0.05, 0) is 44.0 Å². The number of carbonyl (C=O) groups is 1. The average Bonchev–Trinajstić information content (AvgIpc) is 2.45. The van der Waals surface area contributed by atoms with Gasteiger partial charge in [-0.2, -0.15) is 0 Å². The van der Waals surface area contributed by atoms with Crippen molar-refractivity contribution in [3.05, 3.63) is 29.3 Å². The summed E-state index contributed by atoms with van der Waals surface area (Å²) in [5.74, 6) is 0.682. The van der Waals surface area contributed by atoms with Crippen LogP contribution in [0.5, 0.6) is 5.75 Å². The zero-order chi connectivity index (χ0) is 15.9. The highest BCUT2D eigenvalue weighted by molar-refractivity contribution is 5.71. The predicted molar refractivity (Wildman–Crippen MR) is 84.2 cm³/mol. The fourth-order valence-corrected chi connectivity index (χ4v) is 2.62. The molecular weight excluding hydrogens is 282 g/mol. The van der Waals surface area contributed by atoms with Crippen molar-refractivity contribution < 1.29 is 19.0 Å². The van der Waals surface area contributed by atoms with Crippen molar-refractivity contribution in [1.82, 2.24) is 4.90 Å². The summed E-state index contributed by atoms with van der Waals surface area (Å²) in [7, 11) is 0. The quantitative estimate of drug-likeness (QED) is 0.752. The van der Waals surface area contributed by atoms with Crippen LogP contribution in [0.15, 0.2) is 18.2 Å². The van der Waals surface area contributed by atoms with E-state index in [0.717, 1.165) is 12.3 Å². The van der Waals surface area contributed by atoms with E-state index in [4.69, 9.17) is 14.2 Å². The lowest BCUT2D eigenvalue weighted by molar-refractivity contribution is -0.146. The largest absolute Gasteiger partial charge is 0.491 e. The summed E-state index contributed by atoms with van der Waals surface area (Å²) >= 11 is 0. The van der Waals surface area contributed by atoms with Gasteiger partial charge < -0.3 is 14.2 Å². The average molecular weight is 307 g/mol. The number of benzene rings is 1. The van der Waals surface area contributed by atoms with Gasteiger partial charge in [-0.15, -0.1) is 0 Å². The molecule has 1 heterocycles. The third kappa shape index (κ3) is 5.31. The first-order chi connectivity index (χ1) is 10.6. The summed E-state index contributed by atoms with van der Waals surface area (Å²) in [6.45, 7) is 9.19. The van der Waals surface area contributed by atoms with E-state index in [1.165, 1.54) is 11.1 Å². The Hall–Kier alpha value is -1.59. The van der Waals surface area contributed by atoms with Gasteiger partial charge in [0.1, 0.15) is 18.5 Å². The lowest BCUT2D eigenvalue weighted by Gasteiger charge is -2.32. The molecule has 0 aromatic heterocycles. The second-order valence-corrected chi connectivity index (χ2v) is 5.67. The molecule has 122 valence electrons. The molecule has 5 heteroatoms. The Kier molecular flexibility index (Phi) is 6.21. The summed E-state index contributed by atoms with van der Waals surface area (Å²) < 4.78 is 16.5. The van der Waals surface area contributed by atoms with Gasteiger partial charge in [-0.3, -0.25) is 9.69 Å². The molecule has 0 saturated carbocycles. The van der Waals surface area contributed by atoms with Crippen LogP contribution in [0.25, 0.3) is 0 Å². The summed E-state index contributed by atoms with van der Waals surface area (Å²) in [4.78, 5) is 13.6. The molecule has 0 unspecified atom stereocenters. The van der Waals surface area contributed by atoms with E-state index in [2.05, 4.69) is 24.8 Å². The van der Waals surface area contributed by atoms with Gasteiger partial charge in [0.25, 0.3) is 0 Å². The van der Waals surface area contributed by atoms with Crippen molar-refractivity contribution >= 4 is 5.97 Å². The molecule has 0 N–H and O–H groups in total. The Bertz CT molecular complexity index is 483. The van der Waals surface area contributed by atoms with Gasteiger partial charge in [-0.25, -0.2) is 0 Å². The van der Waals surface area contributed by atoms with Crippen LogP contribution < -0.4 is 4.74 Å². The van der Waals surface area contributed by atoms with Crippen LogP contribution in [0.3, 0.4) is 0 Å². The van der Waals surface area contributed by atoms with E-state index < -0.39 is 0 Å². The van der Waals surface area contributed by atoms with Crippen molar-refractivity contribution in [3.8, 4) is 5.75 Å². The normalized spacial score (nSPS) is 19.0. The molecule has 1 fully saturated rings. The lowest BCUT2D eigenvalue weighted by atomic mass is 10.1. The lowest BCUT2D eigenvalue weighted by Crippen LogP contribution is -2.47. The zero-order valence-corrected chi connectivity index (χ0v) is 13.6. The molecule has 0 radical (unpaired) electrons. The van der Waals surface area contributed by atoms with Crippen LogP contribution in [0.1, 0.15) is 18.1 Å². The maximum absolute atomic E-state index is 11.5. The standard InChI is InChI=1S/C17H25NO4/c1-4-20-17(19)11-18-5-6-21-16(10-18)12-22-15-8-13(2)7-14(3)9-15/h7-9,16H,4-6,10-12H2,1-3H3/t16-/m0/s1. The molecule has 1 aliphatic rings. The van der Waals surface area contributed by atoms with Crippen molar-refractivity contribution in [2.75, 3.05) is 39.5 Å². The molecular formula is C17H25NO4. The molecule has 1 aliphatic heterocycles. The highest BCUT2D eigenvalue weighted by Gasteiger charge is 2.23. The highest BCUT2D eigenvalue weighted by atomic mass is 16.5. The van der Waals surface area contributed by atoms with Gasteiger partial charge in [0.15, 0.2) is 0 Å². The predicted octanol–water partition coefficient (Wildman–Crippen LogP) is 1.95. The minimum absolute atomic E-state index is 0.0241. The number of morpholine rings is 1. The first-order valence-corrected chi connectivity index (χ1v) is 7.77. The molecule has 0 spiro atoms. The number of esters is 1. The van der Waals surface area contributed by atoms with E-state index in [0.29, 0.717) is 32.9 Å². The van der Waals surface area contributed by atoms with Gasteiger partial charge in [0.2, 0.25) is 0 Å². The number of nitrogens with zero attached hydrogens (tertiary/aromatic N) is 1. The zero-order valence-electron chi connectivity index (χ0n) is 13.6. The SMILES string of the molecule is CCOC(=O)CN1CCO[C@H](COc2cc(C)cc(C)c2)C1. The second kappa shape index (κ2) is 8.15. The van der Waals surface area contributed by atoms with Crippen LogP contribution in [0.4, 0.5) is 0 Å². The Balaban J connectivity index is 1.81. The molecule has 0 bridgehead atoms. The molecule has 22 heavy (non-hydrogen) atoms. The first kappa shape index (κ1) is 16.8. The molecule has 1 aromatic rings. The van der Waals surface area contributed by atoms with E-state index in [1.807, 2.05) is 19.1 Å². The molecule has 5 nitrogen and oxygen atoms in total. The number of hydrogen-bond acceptors (Lipinski definition) is 5. The Morgan fingerprint density at radius 1 is 1.32 bits per heavy atom. The van der Waals surface area contributed by atoms with Crippen LogP contribution >= 0.6 is 0 Å². The maximum atomic E-state index is 11.5. The van der Waals surface area contributed by atoms with Crippen LogP contribution in [-0.4, -0.2) is 56.4 Å². The first-order valence-electron chi connectivity index (χ1n) is 7.77. The van der Waals surface area contributed by atoms with E-state index in [-0.39, 0.29) is 12.1 Å². The maximum Gasteiger partial charge on any atom is 0.320 e. The van der Waals surface area contributed by atoms with Gasteiger partial charge >= 0.3 is 5.97 Å². The third-order valence-corrected chi connectivity index (χ3v) is 3.51. The number of rotatable bonds is 6. The minimum atomic E-state index is -0.182. The fourth-order valence-electron chi connectivity index (χ4n) is 2.62. The van der Waals surface area contributed by atoms with Gasteiger partial charge in [0, 0.05) is 13.1 Å². The number of carbonyl (C=O) groups excluding carboxylic acids is 1. The van der Waals surface area contributed by atoms with Crippen LogP contribution in [-0.2, 0) is 14.3 Å². The van der Waals surface area contributed by atoms with Crippen LogP contribution in [0, 0.1) is 13.8 Å². The Labute approximate surface area is 132 Å². The number of aryl methyl sites for hydroxylation is 2. The molecule has 0 aliphatic carbocycles. The minimum Gasteiger partial charge on any atom is -0.491 e. The molecule has 1 atom stereocenters. The summed E-state index contributed by atoms with van der Waals surface area (Å²) in [6.07, 6.45) is -0.0241. The van der Waals surface area contributed by atoms with Crippen molar-refractivity contribution in [3.63, 3.8) is 0 Å². The van der Waals surface area contributed by atoms with Crippen molar-refractivity contribution in [2.45, 2.75) is 26.9 Å². The van der Waals surface area contributed by atoms with Crippen molar-refractivity contribution in [1.29, 1.82) is 0 Å². The molecule has 1 aromatic carbocycles. The molecule has 1 saturated heterocycles. The molecule has 0 amide bonds. The summed E-state index contributed by atoms with van der Waals surface area (Å²) in [5, 5.41) is 0. The molecule has 2 rings (SSSR count). The highest BCUT2D eigenvalue weighted by Crippen LogP contribution is 2.17. The topological polar surface area (TPSA) is 48.0 Å².